The molecule has 2 rings (SSSR count). The SMILES string of the molecule is CCNC(=NCc1cccnc1N1CCC(C(N)=O)CC1)NC(C)CC.I. The van der Waals surface area contributed by atoms with Crippen molar-refractivity contribution in [3.63, 3.8) is 0 Å². The van der Waals surface area contributed by atoms with Crippen molar-refractivity contribution in [3.8, 4) is 0 Å². The summed E-state index contributed by atoms with van der Waals surface area (Å²) in [5, 5.41) is 6.70. The molecule has 1 aromatic rings. The van der Waals surface area contributed by atoms with Crippen LogP contribution in [-0.2, 0) is 11.3 Å². The molecule has 0 radical (unpaired) electrons. The van der Waals surface area contributed by atoms with E-state index in [1.165, 1.54) is 0 Å². The van der Waals surface area contributed by atoms with E-state index in [1.807, 2.05) is 12.3 Å². The third-order valence-electron chi connectivity index (χ3n) is 4.81. The van der Waals surface area contributed by atoms with Gasteiger partial charge in [-0.1, -0.05) is 13.0 Å². The lowest BCUT2D eigenvalue weighted by Crippen LogP contribution is -2.42. The van der Waals surface area contributed by atoms with Crippen LogP contribution < -0.4 is 21.3 Å². The average Bonchev–Trinajstić information content (AvgIpc) is 2.66. The minimum atomic E-state index is -0.193. The van der Waals surface area contributed by atoms with Crippen molar-refractivity contribution in [1.29, 1.82) is 0 Å². The smallest absolute Gasteiger partial charge is 0.220 e. The average molecular weight is 488 g/mol. The lowest BCUT2D eigenvalue weighted by Gasteiger charge is -2.32. The second kappa shape index (κ2) is 12.0. The number of primary amides is 1. The van der Waals surface area contributed by atoms with Crippen LogP contribution in [0.4, 0.5) is 5.82 Å². The highest BCUT2D eigenvalue weighted by Gasteiger charge is 2.24. The molecule has 7 nitrogen and oxygen atoms in total. The van der Waals surface area contributed by atoms with Gasteiger partial charge in [-0.3, -0.25) is 4.79 Å². The summed E-state index contributed by atoms with van der Waals surface area (Å²) in [4.78, 5) is 22.9. The number of carbonyl (C=O) groups is 1. The fourth-order valence-electron chi connectivity index (χ4n) is 3.03. The molecule has 4 N–H and O–H groups in total. The van der Waals surface area contributed by atoms with Crippen molar-refractivity contribution in [2.75, 3.05) is 24.5 Å². The molecule has 1 atom stereocenters. The van der Waals surface area contributed by atoms with Crippen LogP contribution >= 0.6 is 24.0 Å². The summed E-state index contributed by atoms with van der Waals surface area (Å²) in [6.45, 7) is 9.33. The molecule has 1 aliphatic rings. The zero-order valence-corrected chi connectivity index (χ0v) is 18.9. The fraction of sp³-hybridized carbons (Fsp3) is 0.632. The monoisotopic (exact) mass is 488 g/mol. The molecular formula is C19H33IN6O. The second-order valence-electron chi connectivity index (χ2n) is 6.80. The Balaban J connectivity index is 0.00000364. The predicted molar refractivity (Wildman–Crippen MR) is 121 cm³/mol. The molecule has 1 saturated heterocycles. The summed E-state index contributed by atoms with van der Waals surface area (Å²) in [6.07, 6.45) is 4.42. The lowest BCUT2D eigenvalue weighted by atomic mass is 9.96. The molecule has 0 aliphatic carbocycles. The van der Waals surface area contributed by atoms with Crippen molar-refractivity contribution in [2.24, 2.45) is 16.6 Å². The zero-order chi connectivity index (χ0) is 18.9. The van der Waals surface area contributed by atoms with Crippen LogP contribution in [0.25, 0.3) is 0 Å². The number of amides is 1. The van der Waals surface area contributed by atoms with Gasteiger partial charge < -0.3 is 21.3 Å². The first-order valence-corrected chi connectivity index (χ1v) is 9.58. The number of hydrogen-bond donors (Lipinski definition) is 3. The molecule has 8 heteroatoms. The summed E-state index contributed by atoms with van der Waals surface area (Å²) >= 11 is 0. The maximum absolute atomic E-state index is 11.4. The van der Waals surface area contributed by atoms with Crippen molar-refractivity contribution in [3.05, 3.63) is 23.9 Å². The van der Waals surface area contributed by atoms with E-state index in [2.05, 4.69) is 47.4 Å². The van der Waals surface area contributed by atoms with Crippen LogP contribution in [-0.4, -0.2) is 42.5 Å². The van der Waals surface area contributed by atoms with Crippen LogP contribution in [0.5, 0.6) is 0 Å². The Morgan fingerprint density at radius 3 is 2.70 bits per heavy atom. The van der Waals surface area contributed by atoms with E-state index >= 15 is 0 Å². The van der Waals surface area contributed by atoms with Gasteiger partial charge in [0.25, 0.3) is 0 Å². The highest BCUT2D eigenvalue weighted by atomic mass is 127. The van der Waals surface area contributed by atoms with Crippen LogP contribution in [0.1, 0.15) is 45.6 Å². The number of hydrogen-bond acceptors (Lipinski definition) is 4. The summed E-state index contributed by atoms with van der Waals surface area (Å²) < 4.78 is 0. The minimum absolute atomic E-state index is 0. The predicted octanol–water partition coefficient (Wildman–Crippen LogP) is 2.25. The number of nitrogens with one attached hydrogen (secondary N) is 2. The van der Waals surface area contributed by atoms with Crippen molar-refractivity contribution in [2.45, 2.75) is 52.6 Å². The first-order chi connectivity index (χ1) is 12.5. The van der Waals surface area contributed by atoms with Crippen LogP contribution in [0, 0.1) is 5.92 Å². The Hall–Kier alpha value is -1.58. The van der Waals surface area contributed by atoms with Gasteiger partial charge in [0.05, 0.1) is 6.54 Å². The lowest BCUT2D eigenvalue weighted by molar-refractivity contribution is -0.122. The second-order valence-corrected chi connectivity index (χ2v) is 6.80. The molecule has 0 bridgehead atoms. The van der Waals surface area contributed by atoms with Gasteiger partial charge in [-0.25, -0.2) is 9.98 Å². The number of aliphatic imine (C=N–C) groups is 1. The minimum Gasteiger partial charge on any atom is -0.369 e. The molecule has 0 aromatic carbocycles. The van der Waals surface area contributed by atoms with E-state index in [9.17, 15) is 4.79 Å². The van der Waals surface area contributed by atoms with Crippen molar-refractivity contribution < 1.29 is 4.79 Å². The molecule has 1 aliphatic heterocycles. The molecule has 152 valence electrons. The van der Waals surface area contributed by atoms with Gasteiger partial charge in [-0.2, -0.15) is 0 Å². The number of halogens is 1. The molecule has 2 heterocycles. The summed E-state index contributed by atoms with van der Waals surface area (Å²) in [5.74, 6) is 1.57. The van der Waals surface area contributed by atoms with Crippen LogP contribution in [0.3, 0.4) is 0 Å². The largest absolute Gasteiger partial charge is 0.369 e. The Kier molecular flexibility index (Phi) is 10.4. The van der Waals surface area contributed by atoms with E-state index in [4.69, 9.17) is 10.7 Å². The number of guanidine groups is 1. The third-order valence-corrected chi connectivity index (χ3v) is 4.81. The maximum Gasteiger partial charge on any atom is 0.220 e. The molecule has 1 amide bonds. The van der Waals surface area contributed by atoms with Crippen LogP contribution in [0.2, 0.25) is 0 Å². The summed E-state index contributed by atoms with van der Waals surface area (Å²) in [5.41, 5.74) is 6.53. The van der Waals surface area contributed by atoms with Gasteiger partial charge in [-0.05, 0) is 39.2 Å². The number of nitrogens with zero attached hydrogens (tertiary/aromatic N) is 3. The van der Waals surface area contributed by atoms with Crippen LogP contribution in [0.15, 0.2) is 23.3 Å². The molecule has 1 unspecified atom stereocenters. The molecule has 1 aromatic heterocycles. The third kappa shape index (κ3) is 7.15. The molecule has 0 spiro atoms. The van der Waals surface area contributed by atoms with Gasteiger partial charge in [0.2, 0.25) is 5.91 Å². The number of nitrogens with two attached hydrogens (primary N) is 1. The first-order valence-electron chi connectivity index (χ1n) is 9.58. The van der Waals surface area contributed by atoms with E-state index in [0.717, 1.165) is 56.2 Å². The zero-order valence-electron chi connectivity index (χ0n) is 16.6. The molecular weight excluding hydrogens is 455 g/mol. The number of aromatic nitrogens is 1. The topological polar surface area (TPSA) is 95.6 Å². The van der Waals surface area contributed by atoms with Gasteiger partial charge >= 0.3 is 0 Å². The summed E-state index contributed by atoms with van der Waals surface area (Å²) in [7, 11) is 0. The maximum atomic E-state index is 11.4. The Morgan fingerprint density at radius 1 is 1.41 bits per heavy atom. The fourth-order valence-corrected chi connectivity index (χ4v) is 3.03. The van der Waals surface area contributed by atoms with Crippen molar-refractivity contribution in [1.82, 2.24) is 15.6 Å². The van der Waals surface area contributed by atoms with E-state index in [0.29, 0.717) is 12.6 Å². The number of anilines is 1. The highest BCUT2D eigenvalue weighted by molar-refractivity contribution is 14.0. The van der Waals surface area contributed by atoms with Gasteiger partial charge in [-0.15, -0.1) is 24.0 Å². The molecule has 0 saturated carbocycles. The van der Waals surface area contributed by atoms with E-state index in [-0.39, 0.29) is 35.8 Å². The number of piperidine rings is 1. The Morgan fingerprint density at radius 2 is 2.11 bits per heavy atom. The first kappa shape index (κ1) is 23.5. The molecule has 1 fully saturated rings. The standard InChI is InChI=1S/C19H32N6O.HI/c1-4-14(3)24-19(21-5-2)23-13-16-7-6-10-22-18(16)25-11-8-15(9-12-25)17(20)26;/h6-7,10,14-15H,4-5,8-9,11-13H2,1-3H3,(H2,20,26)(H2,21,23,24);1H. The molecule has 27 heavy (non-hydrogen) atoms. The number of rotatable bonds is 7. The Labute approximate surface area is 179 Å². The Bertz CT molecular complexity index is 616. The van der Waals surface area contributed by atoms with E-state index in [1.54, 1.807) is 0 Å². The normalized spacial score (nSPS) is 16.4. The van der Waals surface area contributed by atoms with Gasteiger partial charge in [0, 0.05) is 43.4 Å². The quantitative estimate of drug-likeness (QED) is 0.311. The number of pyridine rings is 1. The number of carbonyl (C=O) groups excluding carboxylic acids is 1. The van der Waals surface area contributed by atoms with Gasteiger partial charge in [0.15, 0.2) is 5.96 Å². The summed E-state index contributed by atoms with van der Waals surface area (Å²) in [6, 6.07) is 4.38. The van der Waals surface area contributed by atoms with Crippen molar-refractivity contribution >= 4 is 41.7 Å². The van der Waals surface area contributed by atoms with E-state index < -0.39 is 0 Å². The highest BCUT2D eigenvalue weighted by Crippen LogP contribution is 2.24. The van der Waals surface area contributed by atoms with Gasteiger partial charge in [0.1, 0.15) is 5.82 Å².